The molecule has 0 atom stereocenters. The molecule has 3 aromatic rings. The SMILES string of the molecule is Cc1nc2ccccc2n1-c1ccccc1[N+](=O)[O-]. The molecule has 2 aromatic carbocycles. The van der Waals surface area contributed by atoms with Crippen LogP contribution in [-0.2, 0) is 0 Å². The monoisotopic (exact) mass is 253 g/mol. The third-order valence-corrected chi connectivity index (χ3v) is 3.05. The third kappa shape index (κ3) is 1.76. The molecule has 3 rings (SSSR count). The normalized spacial score (nSPS) is 10.8. The summed E-state index contributed by atoms with van der Waals surface area (Å²) in [6, 6.07) is 14.3. The maximum Gasteiger partial charge on any atom is 0.293 e. The average molecular weight is 253 g/mol. The van der Waals surface area contributed by atoms with Crippen LogP contribution in [0.2, 0.25) is 0 Å². The van der Waals surface area contributed by atoms with Crippen molar-refractivity contribution in [3.05, 3.63) is 64.5 Å². The molecule has 19 heavy (non-hydrogen) atoms. The number of fused-ring (bicyclic) bond motifs is 1. The van der Waals surface area contributed by atoms with Crippen molar-refractivity contribution >= 4 is 16.7 Å². The highest BCUT2D eigenvalue weighted by molar-refractivity contribution is 5.79. The maximum absolute atomic E-state index is 11.1. The quantitative estimate of drug-likeness (QED) is 0.520. The van der Waals surface area contributed by atoms with Gasteiger partial charge in [-0.05, 0) is 25.1 Å². The van der Waals surface area contributed by atoms with Gasteiger partial charge in [-0.3, -0.25) is 14.7 Å². The summed E-state index contributed by atoms with van der Waals surface area (Å²) < 4.78 is 1.81. The smallest absolute Gasteiger partial charge is 0.290 e. The second kappa shape index (κ2) is 4.20. The molecule has 0 fully saturated rings. The van der Waals surface area contributed by atoms with Crippen LogP contribution in [0.3, 0.4) is 0 Å². The maximum atomic E-state index is 11.1. The molecule has 0 spiro atoms. The van der Waals surface area contributed by atoms with Crippen molar-refractivity contribution in [1.29, 1.82) is 0 Å². The number of nitro benzene ring substituents is 1. The molecule has 0 unspecified atom stereocenters. The number of para-hydroxylation sites is 4. The van der Waals surface area contributed by atoms with Crippen molar-refractivity contribution in [3.8, 4) is 5.69 Å². The van der Waals surface area contributed by atoms with Crippen LogP contribution in [0.25, 0.3) is 16.7 Å². The standard InChI is InChI=1S/C14H11N3O2/c1-10-15-11-6-2-3-7-12(11)16(10)13-8-4-5-9-14(13)17(18)19/h2-9H,1H3. The lowest BCUT2D eigenvalue weighted by atomic mass is 10.2. The zero-order valence-electron chi connectivity index (χ0n) is 10.3. The zero-order chi connectivity index (χ0) is 13.4. The molecule has 0 aliphatic heterocycles. The van der Waals surface area contributed by atoms with Crippen LogP contribution >= 0.6 is 0 Å². The van der Waals surface area contributed by atoms with E-state index in [1.807, 2.05) is 35.8 Å². The molecule has 0 saturated heterocycles. The van der Waals surface area contributed by atoms with Crippen LogP contribution in [0.1, 0.15) is 5.82 Å². The fraction of sp³-hybridized carbons (Fsp3) is 0.0714. The van der Waals surface area contributed by atoms with Crippen LogP contribution in [0.15, 0.2) is 48.5 Å². The number of hydrogen-bond donors (Lipinski definition) is 0. The first kappa shape index (κ1) is 11.4. The Morgan fingerprint density at radius 1 is 1.11 bits per heavy atom. The predicted molar refractivity (Wildman–Crippen MR) is 72.5 cm³/mol. The first-order valence-electron chi connectivity index (χ1n) is 5.86. The number of hydrogen-bond acceptors (Lipinski definition) is 3. The molecular formula is C14H11N3O2. The molecule has 0 saturated carbocycles. The average Bonchev–Trinajstić information content (AvgIpc) is 2.74. The van der Waals surface area contributed by atoms with Crippen molar-refractivity contribution < 1.29 is 4.92 Å². The lowest BCUT2D eigenvalue weighted by molar-refractivity contribution is -0.384. The predicted octanol–water partition coefficient (Wildman–Crippen LogP) is 3.24. The third-order valence-electron chi connectivity index (χ3n) is 3.05. The molecule has 0 amide bonds. The van der Waals surface area contributed by atoms with E-state index >= 15 is 0 Å². The number of nitrogens with zero attached hydrogens (tertiary/aromatic N) is 3. The molecule has 5 heteroatoms. The fourth-order valence-electron chi connectivity index (χ4n) is 2.26. The van der Waals surface area contributed by atoms with E-state index in [-0.39, 0.29) is 10.6 Å². The Kier molecular flexibility index (Phi) is 2.52. The fourth-order valence-corrected chi connectivity index (χ4v) is 2.26. The molecular weight excluding hydrogens is 242 g/mol. The van der Waals surface area contributed by atoms with Gasteiger partial charge in [-0.2, -0.15) is 0 Å². The topological polar surface area (TPSA) is 61.0 Å². The zero-order valence-corrected chi connectivity index (χ0v) is 10.3. The summed E-state index contributed by atoms with van der Waals surface area (Å²) >= 11 is 0. The van der Waals surface area contributed by atoms with Gasteiger partial charge in [0.15, 0.2) is 0 Å². The van der Waals surface area contributed by atoms with E-state index in [1.54, 1.807) is 18.2 Å². The number of benzene rings is 2. The molecule has 94 valence electrons. The second-order valence-electron chi connectivity index (χ2n) is 4.23. The Hall–Kier alpha value is -2.69. The van der Waals surface area contributed by atoms with E-state index in [9.17, 15) is 10.1 Å². The van der Waals surface area contributed by atoms with Gasteiger partial charge in [-0.15, -0.1) is 0 Å². The number of nitro groups is 1. The lowest BCUT2D eigenvalue weighted by Gasteiger charge is -2.07. The van der Waals surface area contributed by atoms with Gasteiger partial charge < -0.3 is 0 Å². The van der Waals surface area contributed by atoms with E-state index in [0.29, 0.717) is 5.69 Å². The molecule has 0 N–H and O–H groups in total. The van der Waals surface area contributed by atoms with Gasteiger partial charge in [0, 0.05) is 6.07 Å². The summed E-state index contributed by atoms with van der Waals surface area (Å²) in [4.78, 5) is 15.2. The van der Waals surface area contributed by atoms with Gasteiger partial charge in [0.1, 0.15) is 11.5 Å². The Morgan fingerprint density at radius 3 is 2.58 bits per heavy atom. The Labute approximate surface area is 109 Å². The largest absolute Gasteiger partial charge is 0.293 e. The lowest BCUT2D eigenvalue weighted by Crippen LogP contribution is -2.01. The van der Waals surface area contributed by atoms with Crippen molar-refractivity contribution in [2.24, 2.45) is 0 Å². The first-order chi connectivity index (χ1) is 9.18. The van der Waals surface area contributed by atoms with E-state index in [0.717, 1.165) is 16.9 Å². The number of imidazole rings is 1. The Bertz CT molecular complexity index is 777. The van der Waals surface area contributed by atoms with E-state index in [4.69, 9.17) is 0 Å². The molecule has 0 bridgehead atoms. The van der Waals surface area contributed by atoms with Crippen LogP contribution in [0.5, 0.6) is 0 Å². The number of rotatable bonds is 2. The Morgan fingerprint density at radius 2 is 1.79 bits per heavy atom. The first-order valence-corrected chi connectivity index (χ1v) is 5.86. The minimum absolute atomic E-state index is 0.0775. The van der Waals surface area contributed by atoms with Gasteiger partial charge in [-0.25, -0.2) is 4.98 Å². The number of aromatic nitrogens is 2. The summed E-state index contributed by atoms with van der Waals surface area (Å²) in [7, 11) is 0. The van der Waals surface area contributed by atoms with Crippen LogP contribution < -0.4 is 0 Å². The summed E-state index contributed by atoms with van der Waals surface area (Å²) in [6.45, 7) is 1.84. The molecule has 0 aliphatic carbocycles. The highest BCUT2D eigenvalue weighted by Crippen LogP contribution is 2.27. The van der Waals surface area contributed by atoms with Gasteiger partial charge in [-0.1, -0.05) is 24.3 Å². The van der Waals surface area contributed by atoms with Crippen LogP contribution in [-0.4, -0.2) is 14.5 Å². The van der Waals surface area contributed by atoms with Crippen molar-refractivity contribution in [1.82, 2.24) is 9.55 Å². The summed E-state index contributed by atoms with van der Waals surface area (Å²) in [5, 5.41) is 11.1. The van der Waals surface area contributed by atoms with Gasteiger partial charge in [0.25, 0.3) is 5.69 Å². The molecule has 5 nitrogen and oxygen atoms in total. The molecule has 0 radical (unpaired) electrons. The van der Waals surface area contributed by atoms with Gasteiger partial charge in [0.2, 0.25) is 0 Å². The summed E-state index contributed by atoms with van der Waals surface area (Å²) in [6.07, 6.45) is 0. The van der Waals surface area contributed by atoms with E-state index < -0.39 is 0 Å². The van der Waals surface area contributed by atoms with Crippen molar-refractivity contribution in [3.63, 3.8) is 0 Å². The molecule has 0 aliphatic rings. The minimum atomic E-state index is -0.371. The highest BCUT2D eigenvalue weighted by Gasteiger charge is 2.18. The van der Waals surface area contributed by atoms with Gasteiger partial charge in [0.05, 0.1) is 16.0 Å². The molecule has 1 heterocycles. The highest BCUT2D eigenvalue weighted by atomic mass is 16.6. The van der Waals surface area contributed by atoms with Crippen LogP contribution in [0, 0.1) is 17.0 Å². The minimum Gasteiger partial charge on any atom is -0.290 e. The van der Waals surface area contributed by atoms with Crippen molar-refractivity contribution in [2.75, 3.05) is 0 Å². The van der Waals surface area contributed by atoms with Crippen molar-refractivity contribution in [2.45, 2.75) is 6.92 Å². The van der Waals surface area contributed by atoms with E-state index in [2.05, 4.69) is 4.98 Å². The summed E-state index contributed by atoms with van der Waals surface area (Å²) in [5.41, 5.74) is 2.32. The van der Waals surface area contributed by atoms with E-state index in [1.165, 1.54) is 6.07 Å². The second-order valence-corrected chi connectivity index (χ2v) is 4.23. The number of aryl methyl sites for hydroxylation is 1. The Balaban J connectivity index is 2.37. The van der Waals surface area contributed by atoms with Crippen LogP contribution in [0.4, 0.5) is 5.69 Å². The summed E-state index contributed by atoms with van der Waals surface area (Å²) in [5.74, 6) is 0.732. The van der Waals surface area contributed by atoms with Gasteiger partial charge >= 0.3 is 0 Å². The molecule has 1 aromatic heterocycles.